The number of para-hydroxylation sites is 1. The van der Waals surface area contributed by atoms with E-state index in [1.807, 2.05) is 24.3 Å². The number of aliphatic carboxylic acids is 1. The first-order chi connectivity index (χ1) is 18.2. The Labute approximate surface area is 221 Å². The zero-order valence-corrected chi connectivity index (χ0v) is 21.5. The van der Waals surface area contributed by atoms with Crippen LogP contribution in [0.15, 0.2) is 30.5 Å². The van der Waals surface area contributed by atoms with E-state index in [-0.39, 0.29) is 18.4 Å². The molecule has 38 heavy (non-hydrogen) atoms. The van der Waals surface area contributed by atoms with Gasteiger partial charge in [-0.3, -0.25) is 14.4 Å². The predicted octanol–water partition coefficient (Wildman–Crippen LogP) is -0.489. The van der Waals surface area contributed by atoms with E-state index in [1.165, 1.54) is 6.92 Å². The molecule has 0 aliphatic carbocycles. The monoisotopic (exact) mass is 530 g/mol. The highest BCUT2D eigenvalue weighted by atomic mass is 16.4. The smallest absolute Gasteiger partial charge is 0.328 e. The average Bonchev–Trinajstić information content (AvgIpc) is 3.56. The molecule has 1 fully saturated rings. The molecular weight excluding hydrogens is 492 g/mol. The normalized spacial score (nSPS) is 18.3. The summed E-state index contributed by atoms with van der Waals surface area (Å²) in [5, 5.41) is 31.1. The molecule has 2 heterocycles. The second-order valence-electron chi connectivity index (χ2n) is 9.68. The first-order valence-corrected chi connectivity index (χ1v) is 13.0. The molecule has 1 aromatic carbocycles. The summed E-state index contributed by atoms with van der Waals surface area (Å²) in [6.07, 6.45) is 3.55. The Morgan fingerprint density at radius 1 is 1.08 bits per heavy atom. The van der Waals surface area contributed by atoms with Crippen molar-refractivity contribution in [2.24, 2.45) is 5.73 Å². The number of nitrogens with two attached hydrogens (primary N) is 1. The van der Waals surface area contributed by atoms with Gasteiger partial charge < -0.3 is 42.2 Å². The van der Waals surface area contributed by atoms with E-state index in [1.54, 1.807) is 6.20 Å². The van der Waals surface area contributed by atoms with E-state index in [0.29, 0.717) is 32.2 Å². The molecule has 12 nitrogen and oxygen atoms in total. The zero-order valence-electron chi connectivity index (χ0n) is 21.5. The number of unbranched alkanes of at least 4 members (excludes halogenated alkanes) is 1. The van der Waals surface area contributed by atoms with Gasteiger partial charge in [0.25, 0.3) is 0 Å². The molecule has 1 aliphatic rings. The van der Waals surface area contributed by atoms with Crippen LogP contribution in [-0.2, 0) is 25.6 Å². The fourth-order valence-corrected chi connectivity index (χ4v) is 4.59. The summed E-state index contributed by atoms with van der Waals surface area (Å²) in [6.45, 7) is 2.42. The Hall–Kier alpha value is -3.48. The van der Waals surface area contributed by atoms with Gasteiger partial charge in [-0.2, -0.15) is 0 Å². The highest BCUT2D eigenvalue weighted by Crippen LogP contribution is 2.19. The average molecular weight is 531 g/mol. The van der Waals surface area contributed by atoms with Gasteiger partial charge in [-0.05, 0) is 63.7 Å². The van der Waals surface area contributed by atoms with Gasteiger partial charge in [-0.15, -0.1) is 0 Å². The summed E-state index contributed by atoms with van der Waals surface area (Å²) < 4.78 is 0. The lowest BCUT2D eigenvalue weighted by Crippen LogP contribution is -2.58. The lowest BCUT2D eigenvalue weighted by Gasteiger charge is -2.26. The summed E-state index contributed by atoms with van der Waals surface area (Å²) in [4.78, 5) is 54.1. The largest absolute Gasteiger partial charge is 0.480 e. The Kier molecular flexibility index (Phi) is 10.6. The number of aromatic amines is 1. The number of benzene rings is 1. The molecule has 0 spiro atoms. The van der Waals surface area contributed by atoms with E-state index in [0.717, 1.165) is 29.4 Å². The van der Waals surface area contributed by atoms with Gasteiger partial charge in [0.1, 0.15) is 12.1 Å². The van der Waals surface area contributed by atoms with Crippen LogP contribution >= 0.6 is 0 Å². The maximum Gasteiger partial charge on any atom is 0.328 e. The van der Waals surface area contributed by atoms with Gasteiger partial charge in [0.2, 0.25) is 17.7 Å². The molecular formula is C26H38N6O6. The molecule has 9 N–H and O–H groups in total. The van der Waals surface area contributed by atoms with E-state index in [2.05, 4.69) is 26.3 Å². The number of hydrogen-bond donors (Lipinski definition) is 8. The van der Waals surface area contributed by atoms with Crippen LogP contribution in [-0.4, -0.2) is 82.2 Å². The van der Waals surface area contributed by atoms with Crippen LogP contribution in [0.1, 0.15) is 44.6 Å². The van der Waals surface area contributed by atoms with Crippen molar-refractivity contribution in [1.29, 1.82) is 0 Å². The Bertz CT molecular complexity index is 1110. The second kappa shape index (κ2) is 13.9. The summed E-state index contributed by atoms with van der Waals surface area (Å²) in [6, 6.07) is 3.45. The number of hydrogen-bond acceptors (Lipinski definition) is 7. The third-order valence-electron chi connectivity index (χ3n) is 6.73. The highest BCUT2D eigenvalue weighted by Gasteiger charge is 2.33. The summed E-state index contributed by atoms with van der Waals surface area (Å²) >= 11 is 0. The predicted molar refractivity (Wildman–Crippen MR) is 141 cm³/mol. The summed E-state index contributed by atoms with van der Waals surface area (Å²) in [5.74, 6) is -3.01. The topological polar surface area (TPSA) is 199 Å². The maximum atomic E-state index is 13.4. The van der Waals surface area contributed by atoms with Crippen LogP contribution in [0.3, 0.4) is 0 Å². The number of H-pyrrole nitrogens is 1. The molecule has 3 rings (SSSR count). The van der Waals surface area contributed by atoms with E-state index in [4.69, 9.17) is 5.73 Å². The first-order valence-electron chi connectivity index (χ1n) is 13.0. The van der Waals surface area contributed by atoms with Gasteiger partial charge in [-0.25, -0.2) is 4.79 Å². The van der Waals surface area contributed by atoms with Crippen molar-refractivity contribution in [3.63, 3.8) is 0 Å². The third-order valence-corrected chi connectivity index (χ3v) is 6.73. The molecule has 0 saturated carbocycles. The number of fused-ring (bicyclic) bond motifs is 1. The van der Waals surface area contributed by atoms with Crippen LogP contribution in [0.5, 0.6) is 0 Å². The number of nitrogens with one attached hydrogen (secondary N) is 5. The summed E-state index contributed by atoms with van der Waals surface area (Å²) in [5.41, 5.74) is 7.19. The number of rotatable bonds is 14. The minimum absolute atomic E-state index is 0.0569. The molecule has 1 aliphatic heterocycles. The number of aromatic nitrogens is 1. The number of aliphatic hydroxyl groups is 1. The minimum atomic E-state index is -1.56. The van der Waals surface area contributed by atoms with Gasteiger partial charge in [0.15, 0.2) is 6.04 Å². The molecule has 0 bridgehead atoms. The van der Waals surface area contributed by atoms with E-state index in [9.17, 15) is 29.4 Å². The zero-order chi connectivity index (χ0) is 27.7. The van der Waals surface area contributed by atoms with Gasteiger partial charge in [0, 0.05) is 23.5 Å². The first kappa shape index (κ1) is 29.1. The van der Waals surface area contributed by atoms with E-state index >= 15 is 0 Å². The highest BCUT2D eigenvalue weighted by molar-refractivity contribution is 5.95. The van der Waals surface area contributed by atoms with Crippen molar-refractivity contribution in [2.75, 3.05) is 13.1 Å². The number of aliphatic hydroxyl groups excluding tert-OH is 1. The van der Waals surface area contributed by atoms with Crippen LogP contribution in [0.2, 0.25) is 0 Å². The Morgan fingerprint density at radius 3 is 2.47 bits per heavy atom. The van der Waals surface area contributed by atoms with Gasteiger partial charge >= 0.3 is 5.97 Å². The minimum Gasteiger partial charge on any atom is -0.480 e. The van der Waals surface area contributed by atoms with E-state index < -0.39 is 42.0 Å². The van der Waals surface area contributed by atoms with Crippen molar-refractivity contribution in [3.05, 3.63) is 36.0 Å². The number of carboxylic acids is 1. The van der Waals surface area contributed by atoms with Crippen LogP contribution < -0.4 is 27.0 Å². The standard InChI is InChI=1S/C26H38N6O6/c1-15(33)22(26(37)38)32-25(36)21(13-16-14-29-18-8-3-2-7-17(16)18)31-24(35)20(9-4-5-11-27)30-23(34)19-10-6-12-28-19/h2-3,7-8,14-15,19-22,28-29,33H,4-6,9-13,27H2,1H3,(H,30,34)(H,31,35)(H,32,36)(H,37,38). The fourth-order valence-electron chi connectivity index (χ4n) is 4.59. The van der Waals surface area contributed by atoms with Crippen LogP contribution in [0.25, 0.3) is 10.9 Å². The molecule has 208 valence electrons. The van der Waals surface area contributed by atoms with Crippen LogP contribution in [0.4, 0.5) is 0 Å². The SMILES string of the molecule is CC(O)C(NC(=O)C(Cc1c[nH]c2ccccc12)NC(=O)C(CCCCN)NC(=O)C1CCCN1)C(=O)O. The van der Waals surface area contributed by atoms with Crippen molar-refractivity contribution < 1.29 is 29.4 Å². The quantitative estimate of drug-likeness (QED) is 0.150. The second-order valence-corrected chi connectivity index (χ2v) is 9.68. The van der Waals surface area contributed by atoms with Crippen molar-refractivity contribution in [2.45, 2.75) is 75.7 Å². The molecule has 0 radical (unpaired) electrons. The van der Waals surface area contributed by atoms with Crippen LogP contribution in [0, 0.1) is 0 Å². The molecule has 1 saturated heterocycles. The maximum absolute atomic E-state index is 13.4. The Balaban J connectivity index is 1.82. The molecule has 5 unspecified atom stereocenters. The molecule has 5 atom stereocenters. The van der Waals surface area contributed by atoms with Crippen molar-refractivity contribution >= 4 is 34.6 Å². The Morgan fingerprint density at radius 2 is 1.82 bits per heavy atom. The third kappa shape index (κ3) is 7.76. The van der Waals surface area contributed by atoms with Gasteiger partial charge in [-0.1, -0.05) is 18.2 Å². The molecule has 2 aromatic rings. The molecule has 12 heteroatoms. The lowest BCUT2D eigenvalue weighted by molar-refractivity contribution is -0.145. The number of carbonyl (C=O) groups excluding carboxylic acids is 3. The molecule has 3 amide bonds. The fraction of sp³-hybridized carbons (Fsp3) is 0.538. The van der Waals surface area contributed by atoms with Crippen molar-refractivity contribution in [3.8, 4) is 0 Å². The number of amides is 3. The number of carboxylic acid groups (broad SMARTS) is 1. The number of carbonyl (C=O) groups is 4. The summed E-state index contributed by atoms with van der Waals surface area (Å²) in [7, 11) is 0. The van der Waals surface area contributed by atoms with Crippen molar-refractivity contribution in [1.82, 2.24) is 26.3 Å². The molecule has 1 aromatic heterocycles. The lowest BCUT2D eigenvalue weighted by atomic mass is 10.0. The van der Waals surface area contributed by atoms with Gasteiger partial charge in [0.05, 0.1) is 12.1 Å².